The van der Waals surface area contributed by atoms with Crippen LogP contribution in [0, 0.1) is 19.0 Å². The van der Waals surface area contributed by atoms with Crippen molar-refractivity contribution in [3.8, 4) is 44.8 Å². The monoisotopic (exact) mass is 931 g/mol. The fourth-order valence-electron chi connectivity index (χ4n) is 6.85. The van der Waals surface area contributed by atoms with E-state index in [0.717, 1.165) is 49.9 Å². The molecule has 0 saturated carbocycles. The molecule has 56 heavy (non-hydrogen) atoms. The fourth-order valence-corrected chi connectivity index (χ4v) is 8.43. The van der Waals surface area contributed by atoms with Crippen LogP contribution in [0.15, 0.2) is 138 Å². The van der Waals surface area contributed by atoms with E-state index in [1.54, 1.807) is 12.3 Å². The summed E-state index contributed by atoms with van der Waals surface area (Å²) in [6, 6.07) is 46.3. The Morgan fingerprint density at radius 3 is 2.05 bits per heavy atom. The van der Waals surface area contributed by atoms with Crippen molar-refractivity contribution in [1.82, 2.24) is 9.97 Å². The van der Waals surface area contributed by atoms with Crippen LogP contribution in [0.4, 0.5) is 0 Å². The first-order chi connectivity index (χ1) is 27.8. The number of fused-ring (bicyclic) bond motifs is 3. The molecule has 0 saturated heterocycles. The van der Waals surface area contributed by atoms with E-state index in [2.05, 4.69) is 106 Å². The van der Waals surface area contributed by atoms with Crippen molar-refractivity contribution in [3.05, 3.63) is 163 Å². The third kappa shape index (κ3) is 8.71. The Morgan fingerprint density at radius 2 is 1.43 bits per heavy atom. The van der Waals surface area contributed by atoms with Gasteiger partial charge in [-0.05, 0) is 63.1 Å². The van der Waals surface area contributed by atoms with Crippen LogP contribution in [0.2, 0.25) is 19.6 Å². The molecule has 0 amide bonds. The summed E-state index contributed by atoms with van der Waals surface area (Å²) < 4.78 is 39.3. The Hall–Kier alpha value is -4.93. The third-order valence-corrected chi connectivity index (χ3v) is 12.0. The average molecular weight is 931 g/mol. The molecule has 0 bridgehead atoms. The second-order valence-electron chi connectivity index (χ2n) is 16.4. The van der Waals surface area contributed by atoms with Crippen LogP contribution in [-0.2, 0) is 25.5 Å². The Balaban J connectivity index is 0.000000213. The molecule has 0 N–H and O–H groups in total. The van der Waals surface area contributed by atoms with Gasteiger partial charge >= 0.3 is 0 Å². The second-order valence-corrected chi connectivity index (χ2v) is 21.4. The van der Waals surface area contributed by atoms with E-state index in [-0.39, 0.29) is 31.1 Å². The minimum atomic E-state index is -2.30. The van der Waals surface area contributed by atoms with Crippen LogP contribution in [0.3, 0.4) is 0 Å². The Kier molecular flexibility index (Phi) is 10.6. The van der Waals surface area contributed by atoms with E-state index >= 15 is 0 Å². The van der Waals surface area contributed by atoms with Gasteiger partial charge in [0.25, 0.3) is 0 Å². The molecule has 3 nitrogen and oxygen atoms in total. The Morgan fingerprint density at radius 1 is 0.732 bits per heavy atom. The summed E-state index contributed by atoms with van der Waals surface area (Å²) in [6.45, 7) is 15.2. The van der Waals surface area contributed by atoms with E-state index in [9.17, 15) is 0 Å². The molecule has 0 spiro atoms. The quantitative estimate of drug-likeness (QED) is 0.123. The molecule has 8 aromatic rings. The van der Waals surface area contributed by atoms with Crippen molar-refractivity contribution in [1.29, 1.82) is 0 Å². The first kappa shape index (κ1) is 35.5. The number of aryl methyl sites for hydroxylation is 1. The van der Waals surface area contributed by atoms with Gasteiger partial charge in [0, 0.05) is 48.9 Å². The SMILES string of the molecule is [2H]C(C)(C)c1cc(-c2[c-]cc(C(C)(C)C)cc2)ncc1[Si](C)(C)C.[2H]C([2H])([2H])c1cc(-c2[c-]ccc3c2oc2cc(-c4ccccc4)ccc23)ncc1-c1ccccc1.[Ir]. The first-order valence-corrected chi connectivity index (χ1v) is 22.3. The number of hydrogen-bond donors (Lipinski definition) is 0. The van der Waals surface area contributed by atoms with Gasteiger partial charge in [-0.1, -0.05) is 156 Å². The maximum absolute atomic E-state index is 8.55. The zero-order valence-corrected chi connectivity index (χ0v) is 36.7. The molecule has 285 valence electrons. The molecule has 0 aliphatic carbocycles. The molecule has 0 aliphatic heterocycles. The van der Waals surface area contributed by atoms with E-state index in [4.69, 9.17) is 14.9 Å². The molecular formula is C51H50IrN2OSi-2. The van der Waals surface area contributed by atoms with Crippen LogP contribution in [0.25, 0.3) is 66.7 Å². The number of benzene rings is 5. The van der Waals surface area contributed by atoms with Gasteiger partial charge in [0.05, 0.1) is 13.7 Å². The van der Waals surface area contributed by atoms with Crippen molar-refractivity contribution in [2.24, 2.45) is 0 Å². The number of nitrogens with zero attached hydrogens (tertiary/aromatic N) is 2. The zero-order valence-electron chi connectivity index (χ0n) is 37.3. The number of pyridine rings is 2. The van der Waals surface area contributed by atoms with Crippen LogP contribution in [0.5, 0.6) is 0 Å². The van der Waals surface area contributed by atoms with E-state index in [0.29, 0.717) is 22.4 Å². The van der Waals surface area contributed by atoms with Gasteiger partial charge in [0.1, 0.15) is 5.58 Å². The summed E-state index contributed by atoms with van der Waals surface area (Å²) in [7, 11) is -1.54. The van der Waals surface area contributed by atoms with Gasteiger partial charge in [-0.25, -0.2) is 0 Å². The van der Waals surface area contributed by atoms with Crippen molar-refractivity contribution in [2.45, 2.75) is 72.4 Å². The molecule has 5 aromatic carbocycles. The number of rotatable bonds is 6. The molecule has 0 fully saturated rings. The van der Waals surface area contributed by atoms with Crippen LogP contribution >= 0.6 is 0 Å². The van der Waals surface area contributed by atoms with E-state index in [1.165, 1.54) is 10.8 Å². The summed E-state index contributed by atoms with van der Waals surface area (Å²) in [5.74, 6) is -0.626. The van der Waals surface area contributed by atoms with Crippen LogP contribution in [0.1, 0.15) is 62.7 Å². The van der Waals surface area contributed by atoms with Gasteiger partial charge in [-0.2, -0.15) is 0 Å². The normalized spacial score (nSPS) is 13.1. The topological polar surface area (TPSA) is 38.9 Å². The molecule has 1 radical (unpaired) electrons. The van der Waals surface area contributed by atoms with E-state index in [1.807, 2.05) is 86.8 Å². The summed E-state index contributed by atoms with van der Waals surface area (Å²) in [5, 5.41) is 3.21. The third-order valence-electron chi connectivity index (χ3n) is 9.99. The first-order valence-electron chi connectivity index (χ1n) is 20.8. The van der Waals surface area contributed by atoms with Gasteiger partial charge < -0.3 is 14.4 Å². The number of hydrogen-bond acceptors (Lipinski definition) is 3. The number of furan rings is 1. The van der Waals surface area contributed by atoms with Crippen molar-refractivity contribution < 1.29 is 30.0 Å². The Bertz CT molecular complexity index is 2750. The molecule has 0 unspecified atom stereocenters. The molecule has 3 heterocycles. The molecule has 8 rings (SSSR count). The predicted octanol–water partition coefficient (Wildman–Crippen LogP) is 13.6. The number of aromatic nitrogens is 2. The van der Waals surface area contributed by atoms with Gasteiger partial charge in [0.15, 0.2) is 0 Å². The fraction of sp³-hybridized carbons (Fsp3) is 0.216. The van der Waals surface area contributed by atoms with Crippen molar-refractivity contribution >= 4 is 35.2 Å². The summed E-state index contributed by atoms with van der Waals surface area (Å²) in [5.41, 5.74) is 10.8. The standard InChI is InChI=1S/C30H20NO.C21H30NSi.Ir/c1-20-17-28(31-19-27(20)22-11-6-3-7-12-22)26-14-8-13-25-24-16-15-23(18-29(24)32-30(25)26)21-9-4-2-5-10-21;1-15(2)18-13-19(22-14-20(18)23(6,7)8)16-9-11-17(12-10-16)21(3,4)5;/h2-13,15-19H,1H3;9,11-15H,1-8H3;/q2*-1;/i1D3;15D;. The molecular weight excluding hydrogens is 877 g/mol. The predicted molar refractivity (Wildman–Crippen MR) is 236 cm³/mol. The minimum absolute atomic E-state index is 0. The van der Waals surface area contributed by atoms with Crippen molar-refractivity contribution in [2.75, 3.05) is 0 Å². The smallest absolute Gasteiger partial charge is 0.121 e. The van der Waals surface area contributed by atoms with Gasteiger partial charge in [-0.15, -0.1) is 53.6 Å². The van der Waals surface area contributed by atoms with E-state index < -0.39 is 20.8 Å². The largest absolute Gasteiger partial charge is 0.501 e. The maximum atomic E-state index is 8.55. The Labute approximate surface area is 353 Å². The molecule has 0 atom stereocenters. The maximum Gasteiger partial charge on any atom is 0.121 e. The molecule has 3 aromatic heterocycles. The molecule has 0 aliphatic rings. The second kappa shape index (κ2) is 16.7. The molecule has 5 heteroatoms. The summed E-state index contributed by atoms with van der Waals surface area (Å²) in [6.07, 6.45) is 3.63. The van der Waals surface area contributed by atoms with Crippen molar-refractivity contribution in [3.63, 3.8) is 0 Å². The minimum Gasteiger partial charge on any atom is -0.501 e. The zero-order chi connectivity index (χ0) is 42.3. The van der Waals surface area contributed by atoms with Crippen LogP contribution < -0.4 is 5.19 Å². The summed E-state index contributed by atoms with van der Waals surface area (Å²) in [4.78, 5) is 9.35. The summed E-state index contributed by atoms with van der Waals surface area (Å²) >= 11 is 0. The van der Waals surface area contributed by atoms with Gasteiger partial charge in [0.2, 0.25) is 0 Å². The van der Waals surface area contributed by atoms with Crippen LogP contribution in [-0.4, -0.2) is 18.0 Å². The van der Waals surface area contributed by atoms with Gasteiger partial charge in [-0.3, -0.25) is 0 Å². The average Bonchev–Trinajstić information content (AvgIpc) is 3.58.